The Hall–Kier alpha value is -2.89. The number of amides is 1. The monoisotopic (exact) mass is 300 g/mol. The third-order valence-electron chi connectivity index (χ3n) is 3.10. The first-order valence-electron chi connectivity index (χ1n) is 6.71. The molecule has 0 spiro atoms. The van der Waals surface area contributed by atoms with Gasteiger partial charge in [0.15, 0.2) is 0 Å². The van der Waals surface area contributed by atoms with Crippen molar-refractivity contribution in [3.05, 3.63) is 59.4 Å². The number of nitrogens with one attached hydrogen (secondary N) is 1. The maximum atomic E-state index is 12.1. The molecule has 0 aliphatic rings. The summed E-state index contributed by atoms with van der Waals surface area (Å²) in [4.78, 5) is 27.5. The van der Waals surface area contributed by atoms with E-state index in [0.717, 1.165) is 0 Å². The maximum Gasteiger partial charge on any atom is 0.326 e. The van der Waals surface area contributed by atoms with Crippen molar-refractivity contribution in [1.82, 2.24) is 10.3 Å². The summed E-state index contributed by atoms with van der Waals surface area (Å²) in [6.45, 7) is 1.75. The molecule has 0 radical (unpaired) electrons. The van der Waals surface area contributed by atoms with Gasteiger partial charge in [0.2, 0.25) is 0 Å². The van der Waals surface area contributed by atoms with Crippen LogP contribution in [0.1, 0.15) is 21.7 Å². The number of rotatable bonds is 5. The molecule has 6 heteroatoms. The van der Waals surface area contributed by atoms with E-state index in [-0.39, 0.29) is 17.9 Å². The fraction of sp³-hybridized carbons (Fsp3) is 0.188. The van der Waals surface area contributed by atoms with Crippen molar-refractivity contribution in [3.8, 4) is 5.75 Å². The third-order valence-corrected chi connectivity index (χ3v) is 3.10. The molecule has 1 amide bonds. The van der Waals surface area contributed by atoms with Crippen molar-refractivity contribution in [3.63, 3.8) is 0 Å². The summed E-state index contributed by atoms with van der Waals surface area (Å²) in [6, 6.07) is 10.1. The van der Waals surface area contributed by atoms with Gasteiger partial charge < -0.3 is 15.5 Å². The number of aryl methyl sites for hydroxylation is 1. The minimum Gasteiger partial charge on any atom is -0.508 e. The molecule has 0 saturated carbocycles. The highest BCUT2D eigenvalue weighted by atomic mass is 16.4. The Kier molecular flexibility index (Phi) is 4.73. The summed E-state index contributed by atoms with van der Waals surface area (Å²) in [5.74, 6) is -1.56. The molecular weight excluding hydrogens is 284 g/mol. The lowest BCUT2D eigenvalue weighted by molar-refractivity contribution is -0.139. The zero-order valence-electron chi connectivity index (χ0n) is 12.0. The van der Waals surface area contributed by atoms with E-state index >= 15 is 0 Å². The molecule has 1 aromatic carbocycles. The van der Waals surface area contributed by atoms with Crippen LogP contribution in [0.25, 0.3) is 0 Å². The van der Waals surface area contributed by atoms with Crippen molar-refractivity contribution in [1.29, 1.82) is 0 Å². The minimum absolute atomic E-state index is 0.101. The molecule has 1 aromatic heterocycles. The largest absolute Gasteiger partial charge is 0.508 e. The van der Waals surface area contributed by atoms with Gasteiger partial charge in [0.25, 0.3) is 5.91 Å². The number of carboxylic acid groups (broad SMARTS) is 1. The highest BCUT2D eigenvalue weighted by molar-refractivity contribution is 5.95. The first-order chi connectivity index (χ1) is 10.5. The number of aliphatic carboxylic acids is 1. The van der Waals surface area contributed by atoms with Crippen molar-refractivity contribution >= 4 is 11.9 Å². The molecule has 0 aliphatic heterocycles. The van der Waals surface area contributed by atoms with Crippen molar-refractivity contribution in [2.75, 3.05) is 0 Å². The highest BCUT2D eigenvalue weighted by Crippen LogP contribution is 2.11. The van der Waals surface area contributed by atoms with Gasteiger partial charge in [-0.15, -0.1) is 0 Å². The van der Waals surface area contributed by atoms with Crippen LogP contribution < -0.4 is 5.32 Å². The number of benzene rings is 1. The van der Waals surface area contributed by atoms with Gasteiger partial charge in [-0.05, 0) is 36.8 Å². The van der Waals surface area contributed by atoms with Crippen LogP contribution in [0.2, 0.25) is 0 Å². The number of carboxylic acids is 1. The van der Waals surface area contributed by atoms with Crippen molar-refractivity contribution < 1.29 is 19.8 Å². The average Bonchev–Trinajstić information content (AvgIpc) is 2.48. The topological polar surface area (TPSA) is 99.5 Å². The van der Waals surface area contributed by atoms with Crippen LogP contribution in [0.4, 0.5) is 0 Å². The van der Waals surface area contributed by atoms with E-state index in [9.17, 15) is 19.8 Å². The molecule has 1 atom stereocenters. The number of carbonyl (C=O) groups is 2. The quantitative estimate of drug-likeness (QED) is 0.777. The van der Waals surface area contributed by atoms with Gasteiger partial charge >= 0.3 is 5.97 Å². The number of nitrogens with zero attached hydrogens (tertiary/aromatic N) is 1. The molecular formula is C16H16N2O4. The van der Waals surface area contributed by atoms with E-state index in [1.807, 2.05) is 0 Å². The third kappa shape index (κ3) is 4.05. The molecule has 1 unspecified atom stereocenters. The first-order valence-corrected chi connectivity index (χ1v) is 6.71. The summed E-state index contributed by atoms with van der Waals surface area (Å²) in [5, 5.41) is 20.9. The number of pyridine rings is 1. The molecule has 2 aromatic rings. The van der Waals surface area contributed by atoms with Gasteiger partial charge in [-0.25, -0.2) is 9.78 Å². The van der Waals surface area contributed by atoms with E-state index in [2.05, 4.69) is 10.3 Å². The minimum atomic E-state index is -1.13. The van der Waals surface area contributed by atoms with Crippen LogP contribution in [0.15, 0.2) is 42.5 Å². The molecule has 2 rings (SSSR count). The Bertz CT molecular complexity index is 683. The molecule has 0 saturated heterocycles. The molecule has 6 nitrogen and oxygen atoms in total. The number of phenolic OH excluding ortho intramolecular Hbond substituents is 1. The lowest BCUT2D eigenvalue weighted by atomic mass is 10.1. The van der Waals surface area contributed by atoms with E-state index in [0.29, 0.717) is 11.3 Å². The van der Waals surface area contributed by atoms with E-state index in [1.165, 1.54) is 18.2 Å². The zero-order chi connectivity index (χ0) is 16.1. The van der Waals surface area contributed by atoms with Gasteiger partial charge in [-0.1, -0.05) is 18.2 Å². The Balaban J connectivity index is 2.10. The van der Waals surface area contributed by atoms with E-state index in [4.69, 9.17) is 0 Å². The highest BCUT2D eigenvalue weighted by Gasteiger charge is 2.21. The lowest BCUT2D eigenvalue weighted by Gasteiger charge is -2.14. The Morgan fingerprint density at radius 3 is 2.45 bits per heavy atom. The molecule has 3 N–H and O–H groups in total. The molecule has 0 bridgehead atoms. The molecule has 114 valence electrons. The van der Waals surface area contributed by atoms with E-state index in [1.54, 1.807) is 31.2 Å². The summed E-state index contributed by atoms with van der Waals surface area (Å²) in [6.07, 6.45) is 0.118. The number of hydrogen-bond donors (Lipinski definition) is 3. The fourth-order valence-corrected chi connectivity index (χ4v) is 1.97. The van der Waals surface area contributed by atoms with Gasteiger partial charge in [-0.3, -0.25) is 4.79 Å². The first kappa shape index (κ1) is 15.5. The number of aromatic nitrogens is 1. The number of carbonyl (C=O) groups excluding carboxylic acids is 1. The van der Waals surface area contributed by atoms with Crippen LogP contribution in [0.5, 0.6) is 5.75 Å². The Morgan fingerprint density at radius 2 is 1.86 bits per heavy atom. The Labute approximate surface area is 127 Å². The van der Waals surface area contributed by atoms with Crippen LogP contribution in [-0.2, 0) is 11.2 Å². The number of hydrogen-bond acceptors (Lipinski definition) is 4. The van der Waals surface area contributed by atoms with Crippen LogP contribution in [0.3, 0.4) is 0 Å². The number of aromatic hydroxyl groups is 1. The summed E-state index contributed by atoms with van der Waals surface area (Å²) in [5.41, 5.74) is 1.55. The standard InChI is InChI=1S/C16H16N2O4/c1-10-3-2-4-13(17-10)15(20)18-14(16(21)22)9-11-5-7-12(19)8-6-11/h2-8,14,19H,9H2,1H3,(H,18,20)(H,21,22). The zero-order valence-corrected chi connectivity index (χ0v) is 12.0. The lowest BCUT2D eigenvalue weighted by Crippen LogP contribution is -2.42. The summed E-state index contributed by atoms with van der Waals surface area (Å²) < 4.78 is 0. The second kappa shape index (κ2) is 6.71. The predicted molar refractivity (Wildman–Crippen MR) is 79.7 cm³/mol. The Morgan fingerprint density at radius 1 is 1.18 bits per heavy atom. The van der Waals surface area contributed by atoms with Gasteiger partial charge in [0.1, 0.15) is 17.5 Å². The summed E-state index contributed by atoms with van der Waals surface area (Å²) >= 11 is 0. The SMILES string of the molecule is Cc1cccc(C(=O)NC(Cc2ccc(O)cc2)C(=O)O)n1. The smallest absolute Gasteiger partial charge is 0.326 e. The predicted octanol–water partition coefficient (Wildman–Crippen LogP) is 1.52. The average molecular weight is 300 g/mol. The molecule has 1 heterocycles. The van der Waals surface area contributed by atoms with Crippen molar-refractivity contribution in [2.24, 2.45) is 0 Å². The van der Waals surface area contributed by atoms with Crippen LogP contribution >= 0.6 is 0 Å². The maximum absolute atomic E-state index is 12.1. The second-order valence-electron chi connectivity index (χ2n) is 4.90. The normalized spacial score (nSPS) is 11.7. The van der Waals surface area contributed by atoms with Crippen LogP contribution in [-0.4, -0.2) is 33.1 Å². The van der Waals surface area contributed by atoms with Gasteiger partial charge in [0, 0.05) is 12.1 Å². The molecule has 0 aliphatic carbocycles. The molecule has 0 fully saturated rings. The summed E-state index contributed by atoms with van der Waals surface area (Å²) in [7, 11) is 0. The van der Waals surface area contributed by atoms with Crippen LogP contribution in [0, 0.1) is 6.92 Å². The van der Waals surface area contributed by atoms with E-state index < -0.39 is 17.9 Å². The molecule has 22 heavy (non-hydrogen) atoms. The van der Waals surface area contributed by atoms with Gasteiger partial charge in [-0.2, -0.15) is 0 Å². The number of phenols is 1. The van der Waals surface area contributed by atoms with Crippen molar-refractivity contribution in [2.45, 2.75) is 19.4 Å². The van der Waals surface area contributed by atoms with Gasteiger partial charge in [0.05, 0.1) is 0 Å². The fourth-order valence-electron chi connectivity index (χ4n) is 1.97. The second-order valence-corrected chi connectivity index (χ2v) is 4.90.